The Morgan fingerprint density at radius 3 is 1.33 bits per heavy atom. The van der Waals surface area contributed by atoms with Gasteiger partial charge in [0.2, 0.25) is 0 Å². The Kier molecular flexibility index (Phi) is 6.05. The van der Waals surface area contributed by atoms with Gasteiger partial charge in [-0.3, -0.25) is 0 Å². The third-order valence-corrected chi connectivity index (χ3v) is 9.65. The second-order valence-electron chi connectivity index (χ2n) is 12.6. The average molecular weight is 585 g/mol. The van der Waals surface area contributed by atoms with Crippen molar-refractivity contribution in [3.8, 4) is 33.4 Å². The summed E-state index contributed by atoms with van der Waals surface area (Å²) in [6.07, 6.45) is 0. The first-order valence-corrected chi connectivity index (χ1v) is 16.1. The first kappa shape index (κ1) is 26.7. The molecule has 0 aliphatic carbocycles. The zero-order valence-electron chi connectivity index (χ0n) is 26.0. The number of aryl methyl sites for hydroxylation is 2. The second-order valence-corrected chi connectivity index (χ2v) is 12.6. The lowest BCUT2D eigenvalue weighted by atomic mass is 9.79. The summed E-state index contributed by atoms with van der Waals surface area (Å²) >= 11 is 0. The first-order chi connectivity index (χ1) is 22.7. The van der Waals surface area contributed by atoms with E-state index in [0.717, 1.165) is 0 Å². The highest BCUT2D eigenvalue weighted by atomic mass is 14.3. The summed E-state index contributed by atoms with van der Waals surface area (Å²) in [6.45, 7) is 4.42. The van der Waals surface area contributed by atoms with E-state index in [-0.39, 0.29) is 0 Å². The minimum atomic E-state index is 1.23. The average Bonchev–Trinajstić information content (AvgIpc) is 3.10. The number of benzene rings is 9. The normalized spacial score (nSPS) is 11.7. The number of hydrogen-bond acceptors (Lipinski definition) is 0. The van der Waals surface area contributed by atoms with E-state index in [0.29, 0.717) is 0 Å². The molecule has 0 saturated carbocycles. The topological polar surface area (TPSA) is 0 Å². The smallest absolute Gasteiger partial charge is 0.000741 e. The zero-order chi connectivity index (χ0) is 30.8. The van der Waals surface area contributed by atoms with Gasteiger partial charge in [-0.1, -0.05) is 157 Å². The summed E-state index contributed by atoms with van der Waals surface area (Å²) in [5.74, 6) is 0. The largest absolute Gasteiger partial charge is 0.0622 e. The van der Waals surface area contributed by atoms with Gasteiger partial charge in [-0.05, 0) is 113 Å². The summed E-state index contributed by atoms with van der Waals surface area (Å²) in [6, 6.07) is 58.6. The zero-order valence-corrected chi connectivity index (χ0v) is 26.0. The molecule has 0 aromatic heterocycles. The van der Waals surface area contributed by atoms with Crippen LogP contribution in [0.25, 0.3) is 87.2 Å². The maximum Gasteiger partial charge on any atom is -0.000741 e. The Hall–Kier alpha value is -5.72. The highest BCUT2D eigenvalue weighted by Crippen LogP contribution is 2.51. The summed E-state index contributed by atoms with van der Waals surface area (Å²) in [4.78, 5) is 0. The van der Waals surface area contributed by atoms with Crippen LogP contribution in [-0.2, 0) is 0 Å². The third-order valence-electron chi connectivity index (χ3n) is 9.65. The highest BCUT2D eigenvalue weighted by Gasteiger charge is 2.23. The molecular formula is C46H32. The molecule has 0 atom stereocenters. The van der Waals surface area contributed by atoms with Crippen LogP contribution in [0.3, 0.4) is 0 Å². The molecule has 46 heavy (non-hydrogen) atoms. The molecular weight excluding hydrogens is 553 g/mol. The van der Waals surface area contributed by atoms with Gasteiger partial charge in [-0.25, -0.2) is 0 Å². The standard InChI is InChI=1S/C46H32/c1-29-24-30(2)26-34(25-29)43-39-22-12-13-23-40(39)44(46-38-21-11-9-19-36(38)35-18-8-10-20-37(35)45(43)46)42-28-33-17-7-6-16-32(33)27-41(42)31-14-4-3-5-15-31/h3-28H,1-2H3. The molecule has 0 aliphatic heterocycles. The molecule has 216 valence electrons. The molecule has 9 aromatic carbocycles. The predicted molar refractivity (Wildman–Crippen MR) is 200 cm³/mol. The van der Waals surface area contributed by atoms with Crippen LogP contribution in [0.15, 0.2) is 158 Å². The van der Waals surface area contributed by atoms with Gasteiger partial charge in [0.25, 0.3) is 0 Å². The number of hydrogen-bond donors (Lipinski definition) is 0. The SMILES string of the molecule is Cc1cc(C)cc(-c2c3ccccc3c(-c3cc4ccccc4cc3-c3ccccc3)c3c4ccccc4c4ccccc4c23)c1. The van der Waals surface area contributed by atoms with Crippen LogP contribution in [-0.4, -0.2) is 0 Å². The van der Waals surface area contributed by atoms with Crippen LogP contribution in [0.4, 0.5) is 0 Å². The van der Waals surface area contributed by atoms with Crippen molar-refractivity contribution in [2.45, 2.75) is 13.8 Å². The van der Waals surface area contributed by atoms with Gasteiger partial charge in [-0.15, -0.1) is 0 Å². The van der Waals surface area contributed by atoms with Gasteiger partial charge in [0, 0.05) is 0 Å². The van der Waals surface area contributed by atoms with Crippen LogP contribution >= 0.6 is 0 Å². The molecule has 0 saturated heterocycles. The van der Waals surface area contributed by atoms with E-state index in [4.69, 9.17) is 0 Å². The molecule has 0 heterocycles. The van der Waals surface area contributed by atoms with Crippen LogP contribution in [0.5, 0.6) is 0 Å². The van der Waals surface area contributed by atoms with E-state index in [1.165, 1.54) is 98.4 Å². The van der Waals surface area contributed by atoms with Crippen molar-refractivity contribution >= 4 is 53.9 Å². The molecule has 0 unspecified atom stereocenters. The molecule has 9 rings (SSSR count). The first-order valence-electron chi connectivity index (χ1n) is 16.1. The molecule has 0 heteroatoms. The molecule has 0 spiro atoms. The molecule has 0 aliphatic rings. The van der Waals surface area contributed by atoms with Crippen LogP contribution < -0.4 is 0 Å². The summed E-state index contributed by atoms with van der Waals surface area (Å²) in [7, 11) is 0. The summed E-state index contributed by atoms with van der Waals surface area (Å²) in [5, 5.41) is 12.8. The summed E-state index contributed by atoms with van der Waals surface area (Å²) < 4.78 is 0. The van der Waals surface area contributed by atoms with Crippen molar-refractivity contribution in [1.82, 2.24) is 0 Å². The van der Waals surface area contributed by atoms with Crippen molar-refractivity contribution in [3.05, 3.63) is 169 Å². The van der Waals surface area contributed by atoms with E-state index in [1.807, 2.05) is 0 Å². The molecule has 0 fully saturated rings. The van der Waals surface area contributed by atoms with Crippen molar-refractivity contribution in [2.75, 3.05) is 0 Å². The molecule has 0 amide bonds. The Labute approximate surface area is 269 Å². The van der Waals surface area contributed by atoms with Crippen LogP contribution in [0, 0.1) is 13.8 Å². The van der Waals surface area contributed by atoms with Crippen molar-refractivity contribution in [2.24, 2.45) is 0 Å². The van der Waals surface area contributed by atoms with E-state index in [1.54, 1.807) is 0 Å². The monoisotopic (exact) mass is 584 g/mol. The van der Waals surface area contributed by atoms with Gasteiger partial charge in [0.05, 0.1) is 0 Å². The Bertz CT molecular complexity index is 2620. The molecule has 0 N–H and O–H groups in total. The lowest BCUT2D eigenvalue weighted by Crippen LogP contribution is -1.96. The van der Waals surface area contributed by atoms with Gasteiger partial charge in [0.1, 0.15) is 0 Å². The van der Waals surface area contributed by atoms with Gasteiger partial charge in [-0.2, -0.15) is 0 Å². The Morgan fingerprint density at radius 1 is 0.304 bits per heavy atom. The van der Waals surface area contributed by atoms with Gasteiger partial charge >= 0.3 is 0 Å². The fourth-order valence-electron chi connectivity index (χ4n) is 7.85. The quantitative estimate of drug-likeness (QED) is 0.143. The van der Waals surface area contributed by atoms with Crippen LogP contribution in [0.2, 0.25) is 0 Å². The lowest BCUT2D eigenvalue weighted by molar-refractivity contribution is 1.39. The Balaban J connectivity index is 1.61. The number of fused-ring (bicyclic) bond motifs is 8. The maximum atomic E-state index is 2.43. The Morgan fingerprint density at radius 2 is 0.739 bits per heavy atom. The minimum absolute atomic E-state index is 1.23. The lowest BCUT2D eigenvalue weighted by Gasteiger charge is -2.23. The van der Waals surface area contributed by atoms with Crippen molar-refractivity contribution < 1.29 is 0 Å². The fourth-order valence-corrected chi connectivity index (χ4v) is 7.85. The molecule has 0 nitrogen and oxygen atoms in total. The van der Waals surface area contributed by atoms with Crippen molar-refractivity contribution in [3.63, 3.8) is 0 Å². The second kappa shape index (κ2) is 10.4. The highest BCUT2D eigenvalue weighted by molar-refractivity contribution is 6.37. The van der Waals surface area contributed by atoms with E-state index in [2.05, 4.69) is 172 Å². The van der Waals surface area contributed by atoms with E-state index in [9.17, 15) is 0 Å². The minimum Gasteiger partial charge on any atom is -0.0622 e. The predicted octanol–water partition coefficient (Wildman–Crippen LogP) is 13.1. The number of rotatable bonds is 3. The molecule has 0 radical (unpaired) electrons. The van der Waals surface area contributed by atoms with Gasteiger partial charge < -0.3 is 0 Å². The van der Waals surface area contributed by atoms with Gasteiger partial charge in [0.15, 0.2) is 0 Å². The maximum absolute atomic E-state index is 2.43. The van der Waals surface area contributed by atoms with Crippen molar-refractivity contribution in [1.29, 1.82) is 0 Å². The fraction of sp³-hybridized carbons (Fsp3) is 0.0435. The summed E-state index contributed by atoms with van der Waals surface area (Å²) in [5.41, 5.74) is 10.2. The van der Waals surface area contributed by atoms with E-state index < -0.39 is 0 Å². The molecule has 0 bridgehead atoms. The van der Waals surface area contributed by atoms with E-state index >= 15 is 0 Å². The molecule has 9 aromatic rings. The van der Waals surface area contributed by atoms with Crippen LogP contribution in [0.1, 0.15) is 11.1 Å². The third kappa shape index (κ3) is 4.07.